The molecule has 2 rings (SSSR count). The maximum atomic E-state index is 6.14. The molecule has 0 saturated carbocycles. The number of rotatable bonds is 4. The predicted molar refractivity (Wildman–Crippen MR) is 82.9 cm³/mol. The van der Waals surface area contributed by atoms with Gasteiger partial charge in [0.25, 0.3) is 0 Å². The standard InChI is InChI=1S/C15H24ClN3/c1-12(2)15(17)11-18-6-8-19(9-7-18)14-5-3-4-13(16)10-14/h3-5,10,12,15H,6-9,11,17H2,1-2H3/t15-/m1/s1. The van der Waals surface area contributed by atoms with Crippen LogP contribution in [0, 0.1) is 5.92 Å². The fraction of sp³-hybridized carbons (Fsp3) is 0.600. The molecule has 1 fully saturated rings. The minimum absolute atomic E-state index is 0.276. The first-order valence-electron chi connectivity index (χ1n) is 7.04. The maximum absolute atomic E-state index is 6.14. The molecule has 1 aromatic carbocycles. The van der Waals surface area contributed by atoms with Gasteiger partial charge in [-0.05, 0) is 24.1 Å². The SMILES string of the molecule is CC(C)[C@H](N)CN1CCN(c2cccc(Cl)c2)CC1. The van der Waals surface area contributed by atoms with Crippen molar-refractivity contribution >= 4 is 17.3 Å². The first-order valence-corrected chi connectivity index (χ1v) is 7.42. The van der Waals surface area contributed by atoms with E-state index in [-0.39, 0.29) is 6.04 Å². The van der Waals surface area contributed by atoms with Crippen LogP contribution in [0.5, 0.6) is 0 Å². The van der Waals surface area contributed by atoms with Crippen molar-refractivity contribution in [2.75, 3.05) is 37.6 Å². The first-order chi connectivity index (χ1) is 9.06. The Morgan fingerprint density at radius 1 is 1.21 bits per heavy atom. The molecule has 3 nitrogen and oxygen atoms in total. The van der Waals surface area contributed by atoms with Gasteiger partial charge in [-0.25, -0.2) is 0 Å². The lowest BCUT2D eigenvalue weighted by Crippen LogP contribution is -2.50. The van der Waals surface area contributed by atoms with Crippen LogP contribution in [-0.4, -0.2) is 43.7 Å². The van der Waals surface area contributed by atoms with E-state index in [1.54, 1.807) is 0 Å². The highest BCUT2D eigenvalue weighted by molar-refractivity contribution is 6.30. The molecular formula is C15H24ClN3. The number of halogens is 1. The molecule has 4 heteroatoms. The molecule has 0 spiro atoms. The van der Waals surface area contributed by atoms with Crippen molar-refractivity contribution in [3.63, 3.8) is 0 Å². The van der Waals surface area contributed by atoms with Gasteiger partial charge >= 0.3 is 0 Å². The smallest absolute Gasteiger partial charge is 0.0426 e. The zero-order valence-corrected chi connectivity index (χ0v) is 12.6. The molecule has 0 amide bonds. The number of piperazine rings is 1. The molecule has 1 saturated heterocycles. The molecule has 1 aliphatic rings. The summed E-state index contributed by atoms with van der Waals surface area (Å²) in [6.45, 7) is 9.62. The lowest BCUT2D eigenvalue weighted by molar-refractivity contribution is 0.226. The summed E-state index contributed by atoms with van der Waals surface area (Å²) in [7, 11) is 0. The van der Waals surface area contributed by atoms with E-state index in [1.807, 2.05) is 18.2 Å². The highest BCUT2D eigenvalue weighted by atomic mass is 35.5. The van der Waals surface area contributed by atoms with E-state index < -0.39 is 0 Å². The minimum Gasteiger partial charge on any atom is -0.369 e. The van der Waals surface area contributed by atoms with Crippen molar-refractivity contribution < 1.29 is 0 Å². The Labute approximate surface area is 121 Å². The Bertz CT molecular complexity index is 400. The Morgan fingerprint density at radius 2 is 1.89 bits per heavy atom. The van der Waals surface area contributed by atoms with Gasteiger partial charge in [0.15, 0.2) is 0 Å². The molecule has 106 valence electrons. The highest BCUT2D eigenvalue weighted by Crippen LogP contribution is 2.20. The molecule has 1 aliphatic heterocycles. The van der Waals surface area contributed by atoms with Gasteiger partial charge in [0.2, 0.25) is 0 Å². The molecule has 1 heterocycles. The predicted octanol–water partition coefficient (Wildman–Crippen LogP) is 2.45. The number of anilines is 1. The zero-order chi connectivity index (χ0) is 13.8. The van der Waals surface area contributed by atoms with E-state index in [2.05, 4.69) is 29.7 Å². The van der Waals surface area contributed by atoms with E-state index in [0.717, 1.165) is 37.7 Å². The number of nitrogens with zero attached hydrogens (tertiary/aromatic N) is 2. The molecular weight excluding hydrogens is 258 g/mol. The molecule has 0 unspecified atom stereocenters. The van der Waals surface area contributed by atoms with E-state index >= 15 is 0 Å². The fourth-order valence-electron chi connectivity index (χ4n) is 2.37. The third kappa shape index (κ3) is 4.10. The minimum atomic E-state index is 0.276. The lowest BCUT2D eigenvalue weighted by Gasteiger charge is -2.37. The number of benzene rings is 1. The van der Waals surface area contributed by atoms with E-state index in [1.165, 1.54) is 5.69 Å². The van der Waals surface area contributed by atoms with Crippen molar-refractivity contribution in [1.82, 2.24) is 4.90 Å². The van der Waals surface area contributed by atoms with Crippen LogP contribution < -0.4 is 10.6 Å². The van der Waals surface area contributed by atoms with Crippen molar-refractivity contribution in [1.29, 1.82) is 0 Å². The molecule has 0 bridgehead atoms. The normalized spacial score (nSPS) is 18.9. The van der Waals surface area contributed by atoms with Crippen LogP contribution >= 0.6 is 11.6 Å². The third-order valence-corrected chi connectivity index (χ3v) is 4.11. The summed E-state index contributed by atoms with van der Waals surface area (Å²) in [5.41, 5.74) is 7.36. The second-order valence-electron chi connectivity index (χ2n) is 5.68. The van der Waals surface area contributed by atoms with Gasteiger partial charge in [0.1, 0.15) is 0 Å². The van der Waals surface area contributed by atoms with Crippen LogP contribution in [0.1, 0.15) is 13.8 Å². The monoisotopic (exact) mass is 281 g/mol. The number of hydrogen-bond acceptors (Lipinski definition) is 3. The van der Waals surface area contributed by atoms with Crippen molar-refractivity contribution in [3.05, 3.63) is 29.3 Å². The van der Waals surface area contributed by atoms with Crippen molar-refractivity contribution in [2.45, 2.75) is 19.9 Å². The van der Waals surface area contributed by atoms with Gasteiger partial charge in [0.05, 0.1) is 0 Å². The Balaban J connectivity index is 1.85. The lowest BCUT2D eigenvalue weighted by atomic mass is 10.0. The van der Waals surface area contributed by atoms with Crippen LogP contribution in [0.4, 0.5) is 5.69 Å². The Kier molecular flexibility index (Phi) is 5.08. The zero-order valence-electron chi connectivity index (χ0n) is 11.8. The van der Waals surface area contributed by atoms with Gasteiger partial charge < -0.3 is 10.6 Å². The topological polar surface area (TPSA) is 32.5 Å². The molecule has 2 N–H and O–H groups in total. The second kappa shape index (κ2) is 6.60. The second-order valence-corrected chi connectivity index (χ2v) is 6.11. The summed E-state index contributed by atoms with van der Waals surface area (Å²) in [4.78, 5) is 4.86. The fourth-order valence-corrected chi connectivity index (χ4v) is 2.55. The summed E-state index contributed by atoms with van der Waals surface area (Å²) in [5.74, 6) is 0.547. The van der Waals surface area contributed by atoms with E-state index in [9.17, 15) is 0 Å². The average Bonchev–Trinajstić information content (AvgIpc) is 2.39. The van der Waals surface area contributed by atoms with E-state index in [4.69, 9.17) is 17.3 Å². The van der Waals surface area contributed by atoms with Crippen molar-refractivity contribution in [3.8, 4) is 0 Å². The molecule has 0 radical (unpaired) electrons. The van der Waals surface area contributed by atoms with Gasteiger partial charge in [-0.15, -0.1) is 0 Å². The van der Waals surface area contributed by atoms with Gasteiger partial charge in [-0.2, -0.15) is 0 Å². The number of hydrogen-bond donors (Lipinski definition) is 1. The summed E-state index contributed by atoms with van der Waals surface area (Å²) in [6, 6.07) is 8.37. The molecule has 0 aromatic heterocycles. The van der Waals surface area contributed by atoms with Crippen LogP contribution in [-0.2, 0) is 0 Å². The summed E-state index contributed by atoms with van der Waals surface area (Å²) < 4.78 is 0. The summed E-state index contributed by atoms with van der Waals surface area (Å²) in [6.07, 6.45) is 0. The maximum Gasteiger partial charge on any atom is 0.0426 e. The molecule has 1 aromatic rings. The highest BCUT2D eigenvalue weighted by Gasteiger charge is 2.20. The molecule has 19 heavy (non-hydrogen) atoms. The van der Waals surface area contributed by atoms with Gasteiger partial charge in [-0.1, -0.05) is 31.5 Å². The van der Waals surface area contributed by atoms with Crippen LogP contribution in [0.2, 0.25) is 5.02 Å². The van der Waals surface area contributed by atoms with E-state index in [0.29, 0.717) is 5.92 Å². The Hall–Kier alpha value is -0.770. The summed E-state index contributed by atoms with van der Waals surface area (Å²) >= 11 is 6.04. The van der Waals surface area contributed by atoms with Crippen LogP contribution in [0.25, 0.3) is 0 Å². The molecule has 0 aliphatic carbocycles. The summed E-state index contributed by atoms with van der Waals surface area (Å²) in [5, 5.41) is 0.807. The Morgan fingerprint density at radius 3 is 2.47 bits per heavy atom. The quantitative estimate of drug-likeness (QED) is 0.920. The average molecular weight is 282 g/mol. The van der Waals surface area contributed by atoms with Gasteiger partial charge in [0, 0.05) is 49.5 Å². The first kappa shape index (κ1) is 14.6. The van der Waals surface area contributed by atoms with Crippen LogP contribution in [0.15, 0.2) is 24.3 Å². The van der Waals surface area contributed by atoms with Gasteiger partial charge in [-0.3, -0.25) is 4.90 Å². The number of nitrogens with two attached hydrogens (primary N) is 1. The van der Waals surface area contributed by atoms with Crippen molar-refractivity contribution in [2.24, 2.45) is 11.7 Å². The third-order valence-electron chi connectivity index (χ3n) is 3.87. The molecule has 1 atom stereocenters. The largest absolute Gasteiger partial charge is 0.369 e. The van der Waals surface area contributed by atoms with Crippen LogP contribution in [0.3, 0.4) is 0 Å².